The molecule has 1 atom stereocenters. The molecule has 2 aliphatic rings. The van der Waals surface area contributed by atoms with Crippen molar-refractivity contribution in [2.75, 3.05) is 30.9 Å². The summed E-state index contributed by atoms with van der Waals surface area (Å²) in [4.78, 5) is 63.4. The van der Waals surface area contributed by atoms with Gasteiger partial charge < -0.3 is 30.7 Å². The molecule has 4 aromatic rings. The fourth-order valence-electron chi connectivity index (χ4n) is 6.48. The molecule has 0 aliphatic heterocycles. The van der Waals surface area contributed by atoms with E-state index in [1.807, 2.05) is 36.7 Å². The van der Waals surface area contributed by atoms with Crippen molar-refractivity contribution in [2.24, 2.45) is 5.41 Å². The molecule has 15 nitrogen and oxygen atoms in total. The minimum absolute atomic E-state index is 0.0225. The Morgan fingerprint density at radius 2 is 1.64 bits per heavy atom. The lowest BCUT2D eigenvalue weighted by molar-refractivity contribution is -0.154. The maximum absolute atomic E-state index is 13.2. The number of hydrogen-bond acceptors (Lipinski definition) is 12. The molecule has 2 fully saturated rings. The Balaban J connectivity index is 1.02. The summed E-state index contributed by atoms with van der Waals surface area (Å²) in [5, 5.41) is 16.3. The van der Waals surface area contributed by atoms with Crippen LogP contribution in [0.5, 0.6) is 6.01 Å². The first-order chi connectivity index (χ1) is 27.5. The van der Waals surface area contributed by atoms with Crippen molar-refractivity contribution in [3.8, 4) is 6.01 Å². The fourth-order valence-corrected chi connectivity index (χ4v) is 6.60. The zero-order valence-electron chi connectivity index (χ0n) is 32.0. The molecule has 2 heterocycles. The van der Waals surface area contributed by atoms with E-state index in [0.717, 1.165) is 36.9 Å². The van der Waals surface area contributed by atoms with Gasteiger partial charge in [-0.2, -0.15) is 33.2 Å². The van der Waals surface area contributed by atoms with Gasteiger partial charge in [-0.25, -0.2) is 4.79 Å². The Hall–Kier alpha value is -5.78. The molecule has 6 rings (SSSR count). The number of carbonyl (C=O) groups is 4. The average molecular weight is 826 g/mol. The van der Waals surface area contributed by atoms with Crippen molar-refractivity contribution >= 4 is 52.8 Å². The third-order valence-corrected chi connectivity index (χ3v) is 10.3. The summed E-state index contributed by atoms with van der Waals surface area (Å²) in [6.45, 7) is 2.90. The average Bonchev–Trinajstić information content (AvgIpc) is 4.11. The highest BCUT2D eigenvalue weighted by atomic mass is 35.5. The van der Waals surface area contributed by atoms with E-state index in [2.05, 4.69) is 41.3 Å². The number of nitrogens with one attached hydrogen (secondary N) is 4. The van der Waals surface area contributed by atoms with Gasteiger partial charge in [0.1, 0.15) is 6.04 Å². The fraction of sp³-hybridized carbons (Fsp3) is 0.436. The van der Waals surface area contributed by atoms with Crippen molar-refractivity contribution in [1.29, 1.82) is 0 Å². The van der Waals surface area contributed by atoms with Crippen LogP contribution in [0.3, 0.4) is 0 Å². The monoisotopic (exact) mass is 825 g/mol. The molecule has 0 saturated heterocycles. The number of carbonyl (C=O) groups excluding carboxylic acids is 4. The molecule has 2 aliphatic carbocycles. The Labute approximate surface area is 336 Å². The second kappa shape index (κ2) is 17.4. The van der Waals surface area contributed by atoms with Gasteiger partial charge in [-0.1, -0.05) is 23.7 Å². The highest BCUT2D eigenvalue weighted by Gasteiger charge is 2.45. The molecule has 2 saturated carbocycles. The van der Waals surface area contributed by atoms with Crippen molar-refractivity contribution in [3.63, 3.8) is 0 Å². The minimum atomic E-state index is -4.63. The van der Waals surface area contributed by atoms with Crippen LogP contribution in [0.4, 0.5) is 30.8 Å². The minimum Gasteiger partial charge on any atom is -0.467 e. The molecule has 58 heavy (non-hydrogen) atoms. The number of ketones is 1. The van der Waals surface area contributed by atoms with E-state index in [1.165, 1.54) is 24.3 Å². The summed E-state index contributed by atoms with van der Waals surface area (Å²) in [6, 6.07) is 13.3. The van der Waals surface area contributed by atoms with Crippen molar-refractivity contribution < 1.29 is 41.8 Å². The molecular formula is C39H43ClF3N9O6. The third-order valence-electron chi connectivity index (χ3n) is 10.1. The van der Waals surface area contributed by atoms with Gasteiger partial charge in [-0.05, 0) is 106 Å². The Kier molecular flexibility index (Phi) is 12.5. The number of methoxy groups -OCH3 is 1. The van der Waals surface area contributed by atoms with E-state index in [9.17, 15) is 32.3 Å². The van der Waals surface area contributed by atoms with Gasteiger partial charge in [0.2, 0.25) is 17.7 Å². The van der Waals surface area contributed by atoms with Gasteiger partial charge in [-0.3, -0.25) is 19.1 Å². The predicted octanol–water partition coefficient (Wildman–Crippen LogP) is 5.73. The lowest BCUT2D eigenvalue weighted by Gasteiger charge is -2.19. The molecule has 19 heteroatoms. The largest absolute Gasteiger partial charge is 0.467 e. The number of ether oxygens (including phenoxy) is 2. The second-order valence-electron chi connectivity index (χ2n) is 14.7. The number of aryl methyl sites for hydroxylation is 2. The van der Waals surface area contributed by atoms with E-state index >= 15 is 0 Å². The maximum atomic E-state index is 13.2. The van der Waals surface area contributed by atoms with Gasteiger partial charge >= 0.3 is 18.2 Å². The molecular weight excluding hydrogens is 783 g/mol. The summed E-state index contributed by atoms with van der Waals surface area (Å²) in [5.74, 6) is -2.87. The van der Waals surface area contributed by atoms with Crippen LogP contribution in [-0.2, 0) is 31.2 Å². The molecule has 2 aromatic carbocycles. The highest BCUT2D eigenvalue weighted by molar-refractivity contribution is 6.36. The number of aromatic nitrogens is 5. The van der Waals surface area contributed by atoms with E-state index in [1.54, 1.807) is 12.1 Å². The van der Waals surface area contributed by atoms with Crippen molar-refractivity contribution in [2.45, 2.75) is 83.1 Å². The summed E-state index contributed by atoms with van der Waals surface area (Å²) >= 11 is 6.04. The molecule has 2 aromatic heterocycles. The van der Waals surface area contributed by atoms with Gasteiger partial charge in [-0.15, -0.1) is 0 Å². The van der Waals surface area contributed by atoms with Crippen LogP contribution in [0.25, 0.3) is 0 Å². The van der Waals surface area contributed by atoms with Crippen LogP contribution >= 0.6 is 11.6 Å². The molecule has 0 bridgehead atoms. The Morgan fingerprint density at radius 1 is 0.948 bits per heavy atom. The summed E-state index contributed by atoms with van der Waals surface area (Å²) in [6.07, 6.45) is -0.710. The number of hydrogen-bond donors (Lipinski definition) is 4. The van der Waals surface area contributed by atoms with Crippen LogP contribution < -0.4 is 26.0 Å². The van der Waals surface area contributed by atoms with Gasteiger partial charge in [0.15, 0.2) is 6.61 Å². The maximum Gasteiger partial charge on any atom is 0.422 e. The number of halogens is 4. The first-order valence-corrected chi connectivity index (χ1v) is 19.0. The number of esters is 1. The van der Waals surface area contributed by atoms with E-state index in [-0.39, 0.29) is 42.3 Å². The number of alkyl halides is 3. The zero-order chi connectivity index (χ0) is 41.7. The van der Waals surface area contributed by atoms with Crippen LogP contribution in [0.1, 0.15) is 72.3 Å². The zero-order valence-corrected chi connectivity index (χ0v) is 32.8. The predicted molar refractivity (Wildman–Crippen MR) is 206 cm³/mol. The topological polar surface area (TPSA) is 191 Å². The summed E-state index contributed by atoms with van der Waals surface area (Å²) < 4.78 is 50.6. The first kappa shape index (κ1) is 41.8. The number of Topliss-reactive ketones (excluding diaryl/α,β-unsaturated/α-hetero) is 1. The quantitative estimate of drug-likeness (QED) is 0.0665. The van der Waals surface area contributed by atoms with E-state index < -0.39 is 53.9 Å². The van der Waals surface area contributed by atoms with Crippen LogP contribution in [0.2, 0.25) is 5.02 Å². The second-order valence-corrected chi connectivity index (χ2v) is 15.1. The van der Waals surface area contributed by atoms with E-state index in [0.29, 0.717) is 36.5 Å². The lowest BCUT2D eigenvalue weighted by atomic mass is 9.98. The molecule has 0 unspecified atom stereocenters. The SMILES string of the molecule is COC(=O)[C@@H](CCNC(=O)C(=O)CCC1(Cn2nc(C)cc2C)CC1)NC(=O)c1ccc(Nc2nc(NC3(c4ccc(Cl)cc4)CC3)nc(OCC(F)(F)F)n2)cc1. The molecule has 4 N–H and O–H groups in total. The first-order valence-electron chi connectivity index (χ1n) is 18.6. The van der Waals surface area contributed by atoms with Crippen molar-refractivity contribution in [1.82, 2.24) is 35.4 Å². The lowest BCUT2D eigenvalue weighted by Crippen LogP contribution is -2.44. The molecule has 0 radical (unpaired) electrons. The summed E-state index contributed by atoms with van der Waals surface area (Å²) in [7, 11) is 1.16. The van der Waals surface area contributed by atoms with Crippen LogP contribution in [-0.4, -0.2) is 80.8 Å². The van der Waals surface area contributed by atoms with Crippen LogP contribution in [0.15, 0.2) is 54.6 Å². The third kappa shape index (κ3) is 11.2. The van der Waals surface area contributed by atoms with Gasteiger partial charge in [0.05, 0.1) is 18.3 Å². The molecule has 2 amide bonds. The summed E-state index contributed by atoms with van der Waals surface area (Å²) in [5.41, 5.74) is 2.77. The number of anilines is 3. The highest BCUT2D eigenvalue weighted by Crippen LogP contribution is 2.51. The molecule has 0 spiro atoms. The van der Waals surface area contributed by atoms with Crippen LogP contribution in [0, 0.1) is 19.3 Å². The number of benzene rings is 2. The number of amides is 2. The Bertz CT molecular complexity index is 2140. The van der Waals surface area contributed by atoms with Crippen molar-refractivity contribution in [3.05, 3.63) is 82.1 Å². The molecule has 308 valence electrons. The number of rotatable bonds is 19. The number of nitrogens with zero attached hydrogens (tertiary/aromatic N) is 5. The normalized spacial score (nSPS) is 15.4. The van der Waals surface area contributed by atoms with Gasteiger partial charge in [0.25, 0.3) is 11.8 Å². The smallest absolute Gasteiger partial charge is 0.422 e. The van der Waals surface area contributed by atoms with E-state index in [4.69, 9.17) is 21.1 Å². The van der Waals surface area contributed by atoms with Gasteiger partial charge in [0, 0.05) is 41.5 Å². The Morgan fingerprint density at radius 3 is 2.24 bits per heavy atom. The standard InChI is InChI=1S/C39H43ClF3N9O6/c1-23-20-24(2)52(51-23)21-37(15-16-37)14-12-30(53)32(55)44-19-13-29(33(56)57-3)46-31(54)25-4-10-28(11-5-25)45-34-47-35(49-36(48-34)58-22-39(41,42)43)50-38(17-18-38)26-6-8-27(40)9-7-26/h4-11,20,29H,12-19,21-22H2,1-3H3,(H,44,55)(H,46,54)(H2,45,47,48,49,50)/t29-/m1/s1.